The molecule has 4 aliphatic rings. The zero-order valence-corrected chi connectivity index (χ0v) is 20.3. The highest BCUT2D eigenvalue weighted by molar-refractivity contribution is 6.29. The van der Waals surface area contributed by atoms with Gasteiger partial charge in [0.1, 0.15) is 22.7 Å². The maximum atomic E-state index is 12.1. The van der Waals surface area contributed by atoms with Crippen molar-refractivity contribution in [2.45, 2.75) is 13.8 Å². The molecule has 0 N–H and O–H groups in total. The van der Waals surface area contributed by atoms with Crippen molar-refractivity contribution >= 4 is 34.9 Å². The number of rotatable bonds is 6. The third kappa shape index (κ3) is 5.65. The monoisotopic (exact) mass is 494 g/mol. The molecule has 2 heterocycles. The van der Waals surface area contributed by atoms with Gasteiger partial charge in [0.2, 0.25) is 0 Å². The van der Waals surface area contributed by atoms with Crippen molar-refractivity contribution in [3.63, 3.8) is 0 Å². The average molecular weight is 495 g/mol. The molecular formula is C26H26N2O8. The zero-order valence-electron chi connectivity index (χ0n) is 20.3. The number of fused-ring (bicyclic) bond motifs is 2. The van der Waals surface area contributed by atoms with Crippen molar-refractivity contribution in [3.8, 4) is 0 Å². The van der Waals surface area contributed by atoms with Crippen molar-refractivity contribution in [1.29, 1.82) is 0 Å². The number of carbonyl (C=O) groups is 4. The lowest BCUT2D eigenvalue weighted by Crippen LogP contribution is -2.31. The fourth-order valence-corrected chi connectivity index (χ4v) is 3.54. The van der Waals surface area contributed by atoms with Crippen LogP contribution in [0.5, 0.6) is 0 Å². The first-order chi connectivity index (χ1) is 17.3. The first-order valence-corrected chi connectivity index (χ1v) is 11.2. The summed E-state index contributed by atoms with van der Waals surface area (Å²) >= 11 is 0. The van der Waals surface area contributed by atoms with Gasteiger partial charge in [-0.3, -0.25) is 19.6 Å². The van der Waals surface area contributed by atoms with Crippen LogP contribution in [0.15, 0.2) is 81.5 Å². The lowest BCUT2D eigenvalue weighted by atomic mass is 9.88. The Morgan fingerprint density at radius 1 is 0.750 bits per heavy atom. The summed E-state index contributed by atoms with van der Waals surface area (Å²) in [6, 6.07) is 0. The maximum Gasteiger partial charge on any atom is 0.343 e. The molecule has 10 heteroatoms. The number of Topliss-reactive ketones (excluding diaryl/α,β-unsaturated/α-hetero) is 2. The smallest absolute Gasteiger partial charge is 0.343 e. The van der Waals surface area contributed by atoms with Gasteiger partial charge < -0.3 is 18.9 Å². The number of ketones is 2. The van der Waals surface area contributed by atoms with Crippen LogP contribution in [-0.4, -0.2) is 62.4 Å². The van der Waals surface area contributed by atoms with Gasteiger partial charge in [-0.1, -0.05) is 12.2 Å². The Morgan fingerprint density at radius 3 is 1.47 bits per heavy atom. The third-order valence-electron chi connectivity index (χ3n) is 5.37. The summed E-state index contributed by atoms with van der Waals surface area (Å²) in [5.74, 6) is -1.61. The molecule has 0 bridgehead atoms. The van der Waals surface area contributed by atoms with Crippen molar-refractivity contribution in [1.82, 2.24) is 0 Å². The maximum absolute atomic E-state index is 12.1. The first-order valence-electron chi connectivity index (χ1n) is 11.2. The summed E-state index contributed by atoms with van der Waals surface area (Å²) in [6.07, 6.45) is 12.6. The van der Waals surface area contributed by atoms with Gasteiger partial charge in [-0.25, -0.2) is 9.59 Å². The fourth-order valence-electron chi connectivity index (χ4n) is 3.54. The number of carbonyl (C=O) groups excluding carboxylic acids is 4. The highest BCUT2D eigenvalue weighted by Gasteiger charge is 2.34. The van der Waals surface area contributed by atoms with Gasteiger partial charge in [0.15, 0.2) is 11.6 Å². The highest BCUT2D eigenvalue weighted by atomic mass is 16.5. The minimum absolute atomic E-state index is 0.00971. The van der Waals surface area contributed by atoms with Gasteiger partial charge in [-0.2, -0.15) is 0 Å². The number of aliphatic imine (C=N–C) groups is 2. The van der Waals surface area contributed by atoms with E-state index in [9.17, 15) is 19.2 Å². The highest BCUT2D eigenvalue weighted by Crippen LogP contribution is 2.24. The molecule has 0 aromatic heterocycles. The van der Waals surface area contributed by atoms with E-state index in [4.69, 9.17) is 18.9 Å². The van der Waals surface area contributed by atoms with Gasteiger partial charge in [-0.15, -0.1) is 0 Å². The van der Waals surface area contributed by atoms with E-state index in [1.165, 1.54) is 12.4 Å². The molecular weight excluding hydrogens is 468 g/mol. The van der Waals surface area contributed by atoms with Gasteiger partial charge in [0, 0.05) is 24.6 Å². The molecule has 4 rings (SSSR count). The van der Waals surface area contributed by atoms with Crippen molar-refractivity contribution < 1.29 is 38.1 Å². The van der Waals surface area contributed by atoms with Crippen LogP contribution < -0.4 is 0 Å². The minimum atomic E-state index is -0.625. The number of esters is 2. The van der Waals surface area contributed by atoms with Crippen LogP contribution in [0.2, 0.25) is 0 Å². The predicted octanol–water partition coefficient (Wildman–Crippen LogP) is 2.35. The lowest BCUT2D eigenvalue weighted by Gasteiger charge is -2.20. The molecule has 0 spiro atoms. The van der Waals surface area contributed by atoms with Crippen LogP contribution in [0.1, 0.15) is 13.8 Å². The third-order valence-corrected chi connectivity index (χ3v) is 5.37. The van der Waals surface area contributed by atoms with Gasteiger partial charge in [0.05, 0.1) is 50.7 Å². The lowest BCUT2D eigenvalue weighted by molar-refractivity contribution is -0.141. The summed E-state index contributed by atoms with van der Waals surface area (Å²) in [6.45, 7) is 3.84. The van der Waals surface area contributed by atoms with E-state index >= 15 is 0 Å². The average Bonchev–Trinajstić information content (AvgIpc) is 2.89. The molecule has 2 aliphatic heterocycles. The van der Waals surface area contributed by atoms with E-state index in [2.05, 4.69) is 9.98 Å². The molecule has 2 unspecified atom stereocenters. The van der Waals surface area contributed by atoms with Crippen LogP contribution in [-0.2, 0) is 38.1 Å². The van der Waals surface area contributed by atoms with E-state index in [-0.39, 0.29) is 35.9 Å². The topological polar surface area (TPSA) is 130 Å². The van der Waals surface area contributed by atoms with Crippen LogP contribution in [0.3, 0.4) is 0 Å². The normalized spacial score (nSPS) is 21.6. The van der Waals surface area contributed by atoms with Gasteiger partial charge in [-0.05, 0) is 26.0 Å². The molecule has 2 atom stereocenters. The molecule has 2 aliphatic carbocycles. The molecule has 0 fully saturated rings. The number of hydrogen-bond acceptors (Lipinski definition) is 10. The second kappa shape index (κ2) is 11.9. The summed E-state index contributed by atoms with van der Waals surface area (Å²) in [7, 11) is 3.09. The quantitative estimate of drug-likeness (QED) is 0.406. The number of ether oxygens (including phenoxy) is 4. The van der Waals surface area contributed by atoms with E-state index in [0.29, 0.717) is 22.9 Å². The molecule has 0 radical (unpaired) electrons. The minimum Gasteiger partial charge on any atom is -0.497 e. The van der Waals surface area contributed by atoms with E-state index in [0.717, 1.165) is 0 Å². The van der Waals surface area contributed by atoms with Crippen molar-refractivity contribution in [2.75, 3.05) is 27.4 Å². The number of methoxy groups -OCH3 is 2. The largest absolute Gasteiger partial charge is 0.497 e. The van der Waals surface area contributed by atoms with Crippen molar-refractivity contribution in [2.24, 2.45) is 21.8 Å². The van der Waals surface area contributed by atoms with Gasteiger partial charge >= 0.3 is 11.9 Å². The molecule has 0 aromatic carbocycles. The van der Waals surface area contributed by atoms with Gasteiger partial charge in [0.25, 0.3) is 0 Å². The molecule has 0 saturated carbocycles. The Hall–Kier alpha value is -4.34. The summed E-state index contributed by atoms with van der Waals surface area (Å²) in [5.41, 5.74) is 1.13. The Morgan fingerprint density at radius 2 is 1.14 bits per heavy atom. The summed E-state index contributed by atoms with van der Waals surface area (Å²) in [5, 5.41) is 0. The second-order valence-corrected chi connectivity index (χ2v) is 7.54. The second-order valence-electron chi connectivity index (χ2n) is 7.54. The first kappa shape index (κ1) is 26.3. The van der Waals surface area contributed by atoms with Crippen LogP contribution >= 0.6 is 0 Å². The molecule has 10 nitrogen and oxygen atoms in total. The fraction of sp³-hybridized carbons (Fsp3) is 0.308. The van der Waals surface area contributed by atoms with Crippen molar-refractivity contribution in [3.05, 3.63) is 71.5 Å². The Bertz CT molecular complexity index is 1120. The molecule has 188 valence electrons. The molecule has 36 heavy (non-hydrogen) atoms. The summed E-state index contributed by atoms with van der Waals surface area (Å²) in [4.78, 5) is 55.5. The van der Waals surface area contributed by atoms with E-state index < -0.39 is 23.8 Å². The molecule has 0 aromatic rings. The van der Waals surface area contributed by atoms with E-state index in [1.807, 2.05) is 0 Å². The Balaban J connectivity index is 0.000000201. The Kier molecular flexibility index (Phi) is 8.66. The van der Waals surface area contributed by atoms with Crippen LogP contribution in [0.4, 0.5) is 0 Å². The molecule has 0 saturated heterocycles. The SMILES string of the molecule is CCOC(=O)C1=CN=C2C=C(OC)C=CC2C1=O.CCOC(=O)C1=CN=C2C=C(OC)C=CC2C1=O. The zero-order chi connectivity index (χ0) is 26.2. The standard InChI is InChI=1S/2C13H13NO4/c2*1-3-18-13(16)10-7-14-11-6-8(17-2)4-5-9(11)12(10)15/h2*4-7,9H,3H2,1-2H3. The molecule has 0 amide bonds. The number of allylic oxidation sites excluding steroid dienone is 6. The Labute approximate surface area is 208 Å². The van der Waals surface area contributed by atoms with Crippen LogP contribution in [0.25, 0.3) is 0 Å². The summed E-state index contributed by atoms with van der Waals surface area (Å²) < 4.78 is 19.7. The van der Waals surface area contributed by atoms with Crippen LogP contribution in [0, 0.1) is 11.8 Å². The predicted molar refractivity (Wildman–Crippen MR) is 130 cm³/mol. The van der Waals surface area contributed by atoms with E-state index in [1.54, 1.807) is 64.5 Å². The number of nitrogens with zero attached hydrogens (tertiary/aromatic N) is 2. The number of hydrogen-bond donors (Lipinski definition) is 0.